The highest BCUT2D eigenvalue weighted by atomic mass is 35.5. The van der Waals surface area contributed by atoms with E-state index in [0.717, 1.165) is 19.6 Å². The normalized spacial score (nSPS) is 22.4. The number of likely N-dealkylation sites (N-methyl/N-ethyl adjacent to an activating group) is 1. The maximum absolute atomic E-state index is 5.99. The van der Waals surface area contributed by atoms with Crippen LogP contribution in [0.1, 0.15) is 12.5 Å². The van der Waals surface area contributed by atoms with E-state index >= 15 is 0 Å². The van der Waals surface area contributed by atoms with Gasteiger partial charge in [-0.25, -0.2) is 0 Å². The summed E-state index contributed by atoms with van der Waals surface area (Å²) in [5.41, 5.74) is 2.54. The number of halogens is 1. The summed E-state index contributed by atoms with van der Waals surface area (Å²) in [5.74, 6) is 0.592. The first-order chi connectivity index (χ1) is 7.72. The van der Waals surface area contributed by atoms with Crippen molar-refractivity contribution in [1.82, 2.24) is 4.90 Å². The van der Waals surface area contributed by atoms with Crippen LogP contribution in [0.25, 0.3) is 0 Å². The molecule has 0 bridgehead atoms. The Balaban J connectivity index is 2.23. The Labute approximate surface area is 103 Å². The fourth-order valence-electron chi connectivity index (χ4n) is 2.40. The van der Waals surface area contributed by atoms with Crippen LogP contribution in [-0.2, 0) is 5.88 Å². The van der Waals surface area contributed by atoms with Crippen molar-refractivity contribution in [2.24, 2.45) is 0 Å². The molecule has 1 fully saturated rings. The molecule has 1 aliphatic heterocycles. The van der Waals surface area contributed by atoms with Crippen LogP contribution >= 0.6 is 11.6 Å². The van der Waals surface area contributed by atoms with Gasteiger partial charge in [-0.15, -0.1) is 11.6 Å². The summed E-state index contributed by atoms with van der Waals surface area (Å²) in [6.45, 7) is 5.61. The van der Waals surface area contributed by atoms with Crippen LogP contribution in [0.4, 0.5) is 5.69 Å². The molecule has 2 nitrogen and oxygen atoms in total. The first kappa shape index (κ1) is 11.7. The highest BCUT2D eigenvalue weighted by Gasteiger charge is 2.22. The van der Waals surface area contributed by atoms with E-state index in [-0.39, 0.29) is 0 Å². The molecule has 3 heteroatoms. The number of piperazine rings is 1. The lowest BCUT2D eigenvalue weighted by atomic mass is 10.1. The van der Waals surface area contributed by atoms with E-state index in [2.05, 4.69) is 48.0 Å². The number of benzene rings is 1. The third-order valence-corrected chi connectivity index (χ3v) is 3.56. The van der Waals surface area contributed by atoms with Gasteiger partial charge in [0.2, 0.25) is 0 Å². The van der Waals surface area contributed by atoms with E-state index in [4.69, 9.17) is 11.6 Å². The molecule has 1 aromatic rings. The molecule has 0 amide bonds. The Morgan fingerprint density at radius 3 is 2.75 bits per heavy atom. The van der Waals surface area contributed by atoms with Crippen molar-refractivity contribution in [2.45, 2.75) is 18.8 Å². The molecular weight excluding hydrogens is 220 g/mol. The minimum Gasteiger partial charge on any atom is -0.366 e. The first-order valence-electron chi connectivity index (χ1n) is 5.81. The average molecular weight is 239 g/mol. The van der Waals surface area contributed by atoms with Crippen molar-refractivity contribution in [2.75, 3.05) is 31.6 Å². The number of para-hydroxylation sites is 1. The van der Waals surface area contributed by atoms with Crippen LogP contribution in [0, 0.1) is 0 Å². The third-order valence-electron chi connectivity index (χ3n) is 3.28. The van der Waals surface area contributed by atoms with E-state index in [1.807, 2.05) is 0 Å². The molecule has 1 aromatic carbocycles. The van der Waals surface area contributed by atoms with Gasteiger partial charge in [0.1, 0.15) is 0 Å². The zero-order valence-corrected chi connectivity index (χ0v) is 10.7. The molecule has 1 unspecified atom stereocenters. The predicted octanol–water partition coefficient (Wildman–Crippen LogP) is 2.57. The molecule has 2 rings (SSSR count). The van der Waals surface area contributed by atoms with Crippen LogP contribution in [0.3, 0.4) is 0 Å². The van der Waals surface area contributed by atoms with Crippen LogP contribution in [0.5, 0.6) is 0 Å². The van der Waals surface area contributed by atoms with Crippen LogP contribution in [-0.4, -0.2) is 37.6 Å². The van der Waals surface area contributed by atoms with Crippen LogP contribution in [0.2, 0.25) is 0 Å². The molecule has 1 heterocycles. The number of rotatable bonds is 2. The second-order valence-corrected chi connectivity index (χ2v) is 4.83. The molecule has 0 N–H and O–H groups in total. The van der Waals surface area contributed by atoms with Gasteiger partial charge in [-0.3, -0.25) is 0 Å². The predicted molar refractivity (Wildman–Crippen MR) is 70.3 cm³/mol. The van der Waals surface area contributed by atoms with Crippen LogP contribution in [0.15, 0.2) is 24.3 Å². The Hall–Kier alpha value is -0.730. The second kappa shape index (κ2) is 5.07. The standard InChI is InChI=1S/C13H19ClN2/c1-11-10-15(2)7-8-16(11)13-6-4-3-5-12(13)9-14/h3-6,11H,7-10H2,1-2H3. The quantitative estimate of drug-likeness (QED) is 0.731. The second-order valence-electron chi connectivity index (χ2n) is 4.57. The van der Waals surface area contributed by atoms with E-state index in [9.17, 15) is 0 Å². The summed E-state index contributed by atoms with van der Waals surface area (Å²) in [6, 6.07) is 9.01. The molecule has 0 radical (unpaired) electrons. The smallest absolute Gasteiger partial charge is 0.0494 e. The highest BCUT2D eigenvalue weighted by Crippen LogP contribution is 2.25. The topological polar surface area (TPSA) is 6.48 Å². The van der Waals surface area contributed by atoms with Gasteiger partial charge >= 0.3 is 0 Å². The van der Waals surface area contributed by atoms with Crippen molar-refractivity contribution in [1.29, 1.82) is 0 Å². The maximum Gasteiger partial charge on any atom is 0.0494 e. The summed E-state index contributed by atoms with van der Waals surface area (Å²) in [5, 5.41) is 0. The lowest BCUT2D eigenvalue weighted by Gasteiger charge is -2.40. The van der Waals surface area contributed by atoms with Gasteiger partial charge in [-0.1, -0.05) is 18.2 Å². The maximum atomic E-state index is 5.99. The van der Waals surface area contributed by atoms with Gasteiger partial charge < -0.3 is 9.80 Å². The van der Waals surface area contributed by atoms with Crippen LogP contribution < -0.4 is 4.90 Å². The molecule has 1 aliphatic rings. The minimum absolute atomic E-state index is 0.558. The lowest BCUT2D eigenvalue weighted by molar-refractivity contribution is 0.275. The molecule has 0 saturated carbocycles. The fraction of sp³-hybridized carbons (Fsp3) is 0.538. The highest BCUT2D eigenvalue weighted by molar-refractivity contribution is 6.17. The van der Waals surface area contributed by atoms with Gasteiger partial charge in [0.05, 0.1) is 0 Å². The van der Waals surface area contributed by atoms with E-state index in [1.54, 1.807) is 0 Å². The number of nitrogens with zero attached hydrogens (tertiary/aromatic N) is 2. The average Bonchev–Trinajstić information content (AvgIpc) is 2.29. The van der Waals surface area contributed by atoms with E-state index < -0.39 is 0 Å². The van der Waals surface area contributed by atoms with Gasteiger partial charge in [-0.2, -0.15) is 0 Å². The molecular formula is C13H19ClN2. The lowest BCUT2D eigenvalue weighted by Crippen LogP contribution is -2.50. The largest absolute Gasteiger partial charge is 0.366 e. The number of anilines is 1. The summed E-state index contributed by atoms with van der Waals surface area (Å²) >= 11 is 5.99. The Bertz CT molecular complexity index is 354. The Morgan fingerprint density at radius 1 is 1.31 bits per heavy atom. The summed E-state index contributed by atoms with van der Waals surface area (Å²) < 4.78 is 0. The van der Waals surface area contributed by atoms with E-state index in [0.29, 0.717) is 11.9 Å². The Kier molecular flexibility index (Phi) is 3.72. The van der Waals surface area contributed by atoms with Gasteiger partial charge in [-0.05, 0) is 25.6 Å². The van der Waals surface area contributed by atoms with Crippen molar-refractivity contribution < 1.29 is 0 Å². The molecule has 0 aromatic heterocycles. The molecule has 0 aliphatic carbocycles. The summed E-state index contributed by atoms with van der Waals surface area (Å²) in [6.07, 6.45) is 0. The monoisotopic (exact) mass is 238 g/mol. The van der Waals surface area contributed by atoms with E-state index in [1.165, 1.54) is 11.3 Å². The van der Waals surface area contributed by atoms with Crippen molar-refractivity contribution in [3.8, 4) is 0 Å². The van der Waals surface area contributed by atoms with Crippen molar-refractivity contribution >= 4 is 17.3 Å². The van der Waals surface area contributed by atoms with Crippen molar-refractivity contribution in [3.63, 3.8) is 0 Å². The summed E-state index contributed by atoms with van der Waals surface area (Å²) in [7, 11) is 2.18. The zero-order chi connectivity index (χ0) is 11.5. The van der Waals surface area contributed by atoms with Gasteiger partial charge in [0.15, 0.2) is 0 Å². The number of hydrogen-bond donors (Lipinski definition) is 0. The van der Waals surface area contributed by atoms with Crippen molar-refractivity contribution in [3.05, 3.63) is 29.8 Å². The fourth-order valence-corrected chi connectivity index (χ4v) is 2.63. The minimum atomic E-state index is 0.558. The molecule has 1 atom stereocenters. The Morgan fingerprint density at radius 2 is 2.06 bits per heavy atom. The van der Waals surface area contributed by atoms with Gasteiger partial charge in [0, 0.05) is 37.2 Å². The molecule has 16 heavy (non-hydrogen) atoms. The third kappa shape index (κ3) is 2.33. The number of hydrogen-bond acceptors (Lipinski definition) is 2. The summed E-state index contributed by atoms with van der Waals surface area (Å²) in [4.78, 5) is 4.85. The SMILES string of the molecule is CC1CN(C)CCN1c1ccccc1CCl. The molecule has 1 saturated heterocycles. The first-order valence-corrected chi connectivity index (χ1v) is 6.35. The van der Waals surface area contributed by atoms with Gasteiger partial charge in [0.25, 0.3) is 0 Å². The number of alkyl halides is 1. The molecule has 0 spiro atoms. The zero-order valence-electron chi connectivity index (χ0n) is 9.99. The molecule has 88 valence electrons.